The molecule has 0 unspecified atom stereocenters. The first-order chi connectivity index (χ1) is 5.13. The van der Waals surface area contributed by atoms with Gasteiger partial charge in [-0.15, -0.1) is 0 Å². The van der Waals surface area contributed by atoms with Crippen molar-refractivity contribution in [2.24, 2.45) is 5.73 Å². The first kappa shape index (κ1) is 8.20. The monoisotopic (exact) mass is 169 g/mol. The molecule has 0 bridgehead atoms. The maximum atomic E-state index is 5.47. The first-order valence-corrected chi connectivity index (χ1v) is 3.85. The van der Waals surface area contributed by atoms with E-state index in [1.54, 1.807) is 12.5 Å². The quantitative estimate of drug-likeness (QED) is 0.674. The van der Waals surface area contributed by atoms with Crippen LogP contribution in [0.5, 0.6) is 0 Å². The standard InChI is InChI=1S/C7H11N3S/c1-5(2)10-4-9-3-6(10)7(8)11/h3-5H,1-2H3,(H2,8,11). The lowest BCUT2D eigenvalue weighted by Gasteiger charge is -2.09. The molecule has 4 heteroatoms. The zero-order valence-corrected chi connectivity index (χ0v) is 7.43. The molecule has 0 spiro atoms. The van der Waals surface area contributed by atoms with Crippen LogP contribution in [0.4, 0.5) is 0 Å². The van der Waals surface area contributed by atoms with Gasteiger partial charge in [-0.3, -0.25) is 0 Å². The lowest BCUT2D eigenvalue weighted by Crippen LogP contribution is -2.16. The highest BCUT2D eigenvalue weighted by Gasteiger charge is 2.06. The van der Waals surface area contributed by atoms with Gasteiger partial charge >= 0.3 is 0 Å². The molecule has 0 aromatic carbocycles. The Labute approximate surface area is 71.2 Å². The van der Waals surface area contributed by atoms with Gasteiger partial charge in [-0.05, 0) is 13.8 Å². The van der Waals surface area contributed by atoms with Crippen molar-refractivity contribution in [3.05, 3.63) is 18.2 Å². The molecule has 0 saturated heterocycles. The molecule has 1 rings (SSSR count). The van der Waals surface area contributed by atoms with Crippen LogP contribution in [-0.4, -0.2) is 14.5 Å². The number of nitrogens with zero attached hydrogens (tertiary/aromatic N) is 2. The Kier molecular flexibility index (Phi) is 2.24. The van der Waals surface area contributed by atoms with Crippen molar-refractivity contribution in [2.75, 3.05) is 0 Å². The summed E-state index contributed by atoms with van der Waals surface area (Å²) >= 11 is 4.84. The predicted molar refractivity (Wildman–Crippen MR) is 48.5 cm³/mol. The molecular weight excluding hydrogens is 158 g/mol. The van der Waals surface area contributed by atoms with E-state index < -0.39 is 0 Å². The summed E-state index contributed by atoms with van der Waals surface area (Å²) in [5, 5.41) is 0. The summed E-state index contributed by atoms with van der Waals surface area (Å²) in [6, 6.07) is 0.356. The van der Waals surface area contributed by atoms with Gasteiger partial charge in [-0.2, -0.15) is 0 Å². The number of rotatable bonds is 2. The van der Waals surface area contributed by atoms with Crippen molar-refractivity contribution in [1.82, 2.24) is 9.55 Å². The summed E-state index contributed by atoms with van der Waals surface area (Å²) in [5.41, 5.74) is 6.30. The van der Waals surface area contributed by atoms with Gasteiger partial charge in [-0.1, -0.05) is 12.2 Å². The van der Waals surface area contributed by atoms with E-state index in [0.29, 0.717) is 11.0 Å². The fraction of sp³-hybridized carbons (Fsp3) is 0.429. The molecule has 60 valence electrons. The molecule has 0 aliphatic rings. The average molecular weight is 169 g/mol. The van der Waals surface area contributed by atoms with Crippen molar-refractivity contribution >= 4 is 17.2 Å². The molecule has 0 atom stereocenters. The van der Waals surface area contributed by atoms with Crippen molar-refractivity contribution < 1.29 is 0 Å². The first-order valence-electron chi connectivity index (χ1n) is 3.44. The lowest BCUT2D eigenvalue weighted by molar-refractivity contribution is 0.596. The van der Waals surface area contributed by atoms with Crippen LogP contribution in [0, 0.1) is 0 Å². The van der Waals surface area contributed by atoms with Gasteiger partial charge in [-0.25, -0.2) is 4.98 Å². The second-order valence-electron chi connectivity index (χ2n) is 2.64. The van der Waals surface area contributed by atoms with Gasteiger partial charge in [0.05, 0.1) is 18.2 Å². The highest BCUT2D eigenvalue weighted by molar-refractivity contribution is 7.80. The minimum absolute atomic E-state index is 0.356. The molecule has 1 heterocycles. The second-order valence-corrected chi connectivity index (χ2v) is 3.08. The van der Waals surface area contributed by atoms with Crippen LogP contribution in [0.25, 0.3) is 0 Å². The van der Waals surface area contributed by atoms with Crippen LogP contribution >= 0.6 is 12.2 Å². The number of aromatic nitrogens is 2. The zero-order chi connectivity index (χ0) is 8.43. The van der Waals surface area contributed by atoms with E-state index in [0.717, 1.165) is 5.69 Å². The molecule has 2 N–H and O–H groups in total. The van der Waals surface area contributed by atoms with Crippen LogP contribution in [0.2, 0.25) is 0 Å². The summed E-state index contributed by atoms with van der Waals surface area (Å²) in [6.07, 6.45) is 3.42. The Hall–Kier alpha value is -0.900. The Morgan fingerprint density at radius 1 is 1.73 bits per heavy atom. The van der Waals surface area contributed by atoms with E-state index in [1.807, 2.05) is 4.57 Å². The van der Waals surface area contributed by atoms with E-state index in [1.165, 1.54) is 0 Å². The predicted octanol–water partition coefficient (Wildman–Crippen LogP) is 1.10. The molecule has 0 aliphatic carbocycles. The zero-order valence-electron chi connectivity index (χ0n) is 6.61. The summed E-state index contributed by atoms with van der Waals surface area (Å²) < 4.78 is 1.95. The second kappa shape index (κ2) is 3.00. The molecule has 3 nitrogen and oxygen atoms in total. The fourth-order valence-electron chi connectivity index (χ4n) is 0.907. The molecular formula is C7H11N3S. The molecule has 11 heavy (non-hydrogen) atoms. The van der Waals surface area contributed by atoms with Crippen molar-refractivity contribution in [2.45, 2.75) is 19.9 Å². The number of nitrogens with two attached hydrogens (primary N) is 1. The minimum Gasteiger partial charge on any atom is -0.388 e. The number of hydrogen-bond donors (Lipinski definition) is 1. The Morgan fingerprint density at radius 2 is 2.36 bits per heavy atom. The molecule has 0 radical (unpaired) electrons. The van der Waals surface area contributed by atoms with Crippen molar-refractivity contribution in [3.63, 3.8) is 0 Å². The van der Waals surface area contributed by atoms with Gasteiger partial charge in [0.2, 0.25) is 0 Å². The third kappa shape index (κ3) is 1.57. The van der Waals surface area contributed by atoms with Crippen molar-refractivity contribution in [3.8, 4) is 0 Å². The smallest absolute Gasteiger partial charge is 0.122 e. The van der Waals surface area contributed by atoms with Crippen LogP contribution in [-0.2, 0) is 0 Å². The van der Waals surface area contributed by atoms with E-state index in [-0.39, 0.29) is 0 Å². The van der Waals surface area contributed by atoms with Gasteiger partial charge in [0.15, 0.2) is 0 Å². The number of thiocarbonyl (C=S) groups is 1. The summed E-state index contributed by atoms with van der Waals surface area (Å²) in [7, 11) is 0. The highest BCUT2D eigenvalue weighted by Crippen LogP contribution is 2.07. The molecule has 0 amide bonds. The van der Waals surface area contributed by atoms with Gasteiger partial charge in [0.1, 0.15) is 4.99 Å². The number of imidazole rings is 1. The SMILES string of the molecule is CC(C)n1cncc1C(N)=S. The van der Waals surface area contributed by atoms with Gasteiger partial charge in [0.25, 0.3) is 0 Å². The molecule has 0 fully saturated rings. The van der Waals surface area contributed by atoms with Gasteiger partial charge in [0, 0.05) is 6.04 Å². The van der Waals surface area contributed by atoms with Crippen LogP contribution in [0.15, 0.2) is 12.5 Å². The summed E-state index contributed by atoms with van der Waals surface area (Å²) in [4.78, 5) is 4.36. The van der Waals surface area contributed by atoms with Gasteiger partial charge < -0.3 is 10.3 Å². The molecule has 1 aromatic rings. The van der Waals surface area contributed by atoms with E-state index in [2.05, 4.69) is 18.8 Å². The molecule has 0 aliphatic heterocycles. The van der Waals surface area contributed by atoms with Crippen molar-refractivity contribution in [1.29, 1.82) is 0 Å². The minimum atomic E-state index is 0.356. The maximum Gasteiger partial charge on any atom is 0.122 e. The fourth-order valence-corrected chi connectivity index (χ4v) is 1.07. The number of hydrogen-bond acceptors (Lipinski definition) is 2. The lowest BCUT2D eigenvalue weighted by atomic mass is 10.3. The Morgan fingerprint density at radius 3 is 2.73 bits per heavy atom. The Bertz CT molecular complexity index is 264. The third-order valence-corrected chi connectivity index (χ3v) is 1.68. The third-order valence-electron chi connectivity index (χ3n) is 1.47. The van der Waals surface area contributed by atoms with Crippen LogP contribution in [0.3, 0.4) is 0 Å². The largest absolute Gasteiger partial charge is 0.388 e. The van der Waals surface area contributed by atoms with E-state index in [9.17, 15) is 0 Å². The van der Waals surface area contributed by atoms with E-state index >= 15 is 0 Å². The highest BCUT2D eigenvalue weighted by atomic mass is 32.1. The van der Waals surface area contributed by atoms with E-state index in [4.69, 9.17) is 18.0 Å². The summed E-state index contributed by atoms with van der Waals surface area (Å²) in [6.45, 7) is 4.12. The van der Waals surface area contributed by atoms with Crippen LogP contribution < -0.4 is 5.73 Å². The normalized spacial score (nSPS) is 10.5. The summed E-state index contributed by atoms with van der Waals surface area (Å²) in [5.74, 6) is 0. The maximum absolute atomic E-state index is 5.47. The molecule has 1 aromatic heterocycles. The average Bonchev–Trinajstić information content (AvgIpc) is 2.32. The topological polar surface area (TPSA) is 43.8 Å². The Balaban J connectivity index is 3.06. The molecule has 0 saturated carbocycles. The van der Waals surface area contributed by atoms with Crippen LogP contribution in [0.1, 0.15) is 25.6 Å².